The zero-order chi connectivity index (χ0) is 25.8. The average molecular weight is 507 g/mol. The van der Waals surface area contributed by atoms with Gasteiger partial charge in [-0.05, 0) is 54.4 Å². The number of anilines is 1. The lowest BCUT2D eigenvalue weighted by Crippen LogP contribution is -2.29. The normalized spacial score (nSPS) is 16.8. The first kappa shape index (κ1) is 24.9. The maximum atomic E-state index is 13.3. The molecule has 2 aromatic carbocycles. The number of ketones is 1. The molecular formula is C27H23ClN2O6. The number of halogens is 1. The number of aliphatic hydroxyl groups is 1. The van der Waals surface area contributed by atoms with Crippen LogP contribution in [0, 0.1) is 0 Å². The second-order valence-corrected chi connectivity index (χ2v) is 8.40. The van der Waals surface area contributed by atoms with E-state index in [9.17, 15) is 19.5 Å². The summed E-state index contributed by atoms with van der Waals surface area (Å²) in [5, 5.41) is 11.6. The molecule has 36 heavy (non-hydrogen) atoms. The first-order valence-electron chi connectivity index (χ1n) is 11.2. The van der Waals surface area contributed by atoms with Crippen molar-refractivity contribution in [3.63, 3.8) is 0 Å². The van der Waals surface area contributed by atoms with Gasteiger partial charge < -0.3 is 14.6 Å². The number of pyridine rings is 1. The molecule has 1 N–H and O–H groups in total. The van der Waals surface area contributed by atoms with Gasteiger partial charge in [0.05, 0.1) is 35.9 Å². The van der Waals surface area contributed by atoms with Crippen LogP contribution >= 0.6 is 11.6 Å². The number of nitrogens with zero attached hydrogens (tertiary/aromatic N) is 2. The Labute approximate surface area is 212 Å². The smallest absolute Gasteiger partial charge is 0.338 e. The van der Waals surface area contributed by atoms with E-state index in [-0.39, 0.29) is 23.3 Å². The van der Waals surface area contributed by atoms with Gasteiger partial charge in [0.1, 0.15) is 11.5 Å². The van der Waals surface area contributed by atoms with Crippen LogP contribution in [0.5, 0.6) is 5.75 Å². The number of methoxy groups -OCH3 is 1. The third kappa shape index (κ3) is 4.67. The molecule has 1 aromatic heterocycles. The van der Waals surface area contributed by atoms with Gasteiger partial charge in [-0.3, -0.25) is 19.5 Å². The highest BCUT2D eigenvalue weighted by Gasteiger charge is 2.47. The van der Waals surface area contributed by atoms with E-state index in [2.05, 4.69) is 4.98 Å². The van der Waals surface area contributed by atoms with Gasteiger partial charge in [-0.1, -0.05) is 30.7 Å². The third-order valence-corrected chi connectivity index (χ3v) is 5.98. The Kier molecular flexibility index (Phi) is 7.36. The summed E-state index contributed by atoms with van der Waals surface area (Å²) < 4.78 is 10.4. The first-order chi connectivity index (χ1) is 17.4. The minimum absolute atomic E-state index is 0.128. The molecule has 0 saturated carbocycles. The number of esters is 1. The van der Waals surface area contributed by atoms with E-state index in [1.165, 1.54) is 42.5 Å². The Hall–Kier alpha value is -4.17. The van der Waals surface area contributed by atoms with Gasteiger partial charge in [-0.25, -0.2) is 4.79 Å². The molecule has 1 saturated heterocycles. The van der Waals surface area contributed by atoms with Crippen LogP contribution in [0.15, 0.2) is 72.6 Å². The maximum Gasteiger partial charge on any atom is 0.338 e. The highest BCUT2D eigenvalue weighted by Crippen LogP contribution is 2.42. The summed E-state index contributed by atoms with van der Waals surface area (Å²) in [5.74, 6) is -2.37. The molecule has 1 aliphatic heterocycles. The predicted molar refractivity (Wildman–Crippen MR) is 134 cm³/mol. The standard InChI is InChI=1S/C27H23ClN2O6/c1-3-12-36-27(34)17-6-4-8-19(13-17)30-23(18-7-5-11-29-15-18)22(25(32)26(30)33)24(31)16-9-10-20(28)21(14-16)35-2/h4-11,13-15,23,31H,3,12H2,1-2H3/b24-22+. The number of aliphatic hydroxyl groups excluding tert-OH is 1. The molecule has 4 rings (SSSR count). The van der Waals surface area contributed by atoms with Gasteiger partial charge in [0.25, 0.3) is 11.7 Å². The molecule has 0 bridgehead atoms. The Bertz CT molecular complexity index is 1360. The monoisotopic (exact) mass is 506 g/mol. The van der Waals surface area contributed by atoms with Crippen LogP contribution in [-0.4, -0.2) is 41.5 Å². The summed E-state index contributed by atoms with van der Waals surface area (Å²) in [5.41, 5.74) is 1.15. The quantitative estimate of drug-likeness (QED) is 0.209. The van der Waals surface area contributed by atoms with E-state index in [0.717, 1.165) is 0 Å². The summed E-state index contributed by atoms with van der Waals surface area (Å²) in [6.07, 6.45) is 3.74. The summed E-state index contributed by atoms with van der Waals surface area (Å²) in [6, 6.07) is 13.2. The van der Waals surface area contributed by atoms with Crippen molar-refractivity contribution >= 4 is 40.7 Å². The molecular weight excluding hydrogens is 484 g/mol. The SMILES string of the molecule is CCCOC(=O)c1cccc(N2C(=O)C(=O)/C(=C(/O)c3ccc(Cl)c(OC)c3)C2c2cccnc2)c1. The number of rotatable bonds is 7. The minimum atomic E-state index is -0.998. The van der Waals surface area contributed by atoms with E-state index >= 15 is 0 Å². The zero-order valence-electron chi connectivity index (χ0n) is 19.6. The molecule has 2 heterocycles. The maximum absolute atomic E-state index is 13.3. The van der Waals surface area contributed by atoms with Crippen LogP contribution in [0.25, 0.3) is 5.76 Å². The molecule has 184 valence electrons. The second kappa shape index (κ2) is 10.6. The van der Waals surface area contributed by atoms with Gasteiger partial charge in [-0.2, -0.15) is 0 Å². The molecule has 1 atom stereocenters. The number of ether oxygens (including phenoxy) is 2. The van der Waals surface area contributed by atoms with Crippen LogP contribution in [0.2, 0.25) is 5.02 Å². The Morgan fingerprint density at radius 1 is 1.11 bits per heavy atom. The second-order valence-electron chi connectivity index (χ2n) is 7.99. The summed E-state index contributed by atoms with van der Waals surface area (Å²) in [4.78, 5) is 44.4. The van der Waals surface area contributed by atoms with E-state index in [1.54, 1.807) is 36.5 Å². The van der Waals surface area contributed by atoms with Gasteiger partial charge in [-0.15, -0.1) is 0 Å². The lowest BCUT2D eigenvalue weighted by molar-refractivity contribution is -0.132. The number of hydrogen-bond donors (Lipinski definition) is 1. The molecule has 0 radical (unpaired) electrons. The van der Waals surface area contributed by atoms with Crippen molar-refractivity contribution in [2.45, 2.75) is 19.4 Å². The zero-order valence-corrected chi connectivity index (χ0v) is 20.4. The average Bonchev–Trinajstić information content (AvgIpc) is 3.17. The molecule has 3 aromatic rings. The summed E-state index contributed by atoms with van der Waals surface area (Å²) >= 11 is 6.11. The summed E-state index contributed by atoms with van der Waals surface area (Å²) in [7, 11) is 1.43. The van der Waals surface area contributed by atoms with Crippen molar-refractivity contribution in [1.82, 2.24) is 4.98 Å². The third-order valence-electron chi connectivity index (χ3n) is 5.67. The Morgan fingerprint density at radius 3 is 2.61 bits per heavy atom. The number of aromatic nitrogens is 1. The van der Waals surface area contributed by atoms with Crippen LogP contribution in [0.4, 0.5) is 5.69 Å². The van der Waals surface area contributed by atoms with Crippen molar-refractivity contribution in [3.05, 3.63) is 94.3 Å². The first-order valence-corrected chi connectivity index (χ1v) is 11.6. The lowest BCUT2D eigenvalue weighted by Gasteiger charge is -2.25. The largest absolute Gasteiger partial charge is 0.507 e. The van der Waals surface area contributed by atoms with Crippen molar-refractivity contribution in [2.75, 3.05) is 18.6 Å². The van der Waals surface area contributed by atoms with Crippen molar-refractivity contribution in [1.29, 1.82) is 0 Å². The topological polar surface area (TPSA) is 106 Å². The van der Waals surface area contributed by atoms with Crippen LogP contribution < -0.4 is 9.64 Å². The fourth-order valence-electron chi connectivity index (χ4n) is 3.98. The van der Waals surface area contributed by atoms with Crippen molar-refractivity contribution in [2.24, 2.45) is 0 Å². The number of hydrogen-bond acceptors (Lipinski definition) is 7. The predicted octanol–water partition coefficient (Wildman–Crippen LogP) is 4.94. The number of carbonyl (C=O) groups excluding carboxylic acids is 3. The fourth-order valence-corrected chi connectivity index (χ4v) is 4.17. The number of carbonyl (C=O) groups is 3. The molecule has 0 spiro atoms. The molecule has 1 aliphatic rings. The van der Waals surface area contributed by atoms with Crippen LogP contribution in [0.1, 0.15) is 40.9 Å². The molecule has 8 nitrogen and oxygen atoms in total. The molecule has 1 fully saturated rings. The summed E-state index contributed by atoms with van der Waals surface area (Å²) in [6.45, 7) is 2.14. The van der Waals surface area contributed by atoms with E-state index in [4.69, 9.17) is 21.1 Å². The minimum Gasteiger partial charge on any atom is -0.507 e. The fraction of sp³-hybridized carbons (Fsp3) is 0.185. The Morgan fingerprint density at radius 2 is 1.92 bits per heavy atom. The van der Waals surface area contributed by atoms with E-state index in [1.807, 2.05) is 6.92 Å². The number of amides is 1. The van der Waals surface area contributed by atoms with Gasteiger partial charge >= 0.3 is 5.97 Å². The van der Waals surface area contributed by atoms with Gasteiger partial charge in [0, 0.05) is 23.6 Å². The lowest BCUT2D eigenvalue weighted by atomic mass is 9.96. The molecule has 1 unspecified atom stereocenters. The Balaban J connectivity index is 1.87. The number of Topliss-reactive ketones (excluding diaryl/α,β-unsaturated/α-hetero) is 1. The van der Waals surface area contributed by atoms with E-state index < -0.39 is 29.5 Å². The molecule has 1 amide bonds. The van der Waals surface area contributed by atoms with Gasteiger partial charge in [0.2, 0.25) is 0 Å². The van der Waals surface area contributed by atoms with Crippen molar-refractivity contribution < 1.29 is 29.0 Å². The van der Waals surface area contributed by atoms with Crippen LogP contribution in [-0.2, 0) is 14.3 Å². The van der Waals surface area contributed by atoms with Crippen molar-refractivity contribution in [3.8, 4) is 5.75 Å². The van der Waals surface area contributed by atoms with E-state index in [0.29, 0.717) is 28.4 Å². The van der Waals surface area contributed by atoms with Crippen LogP contribution in [0.3, 0.4) is 0 Å². The highest BCUT2D eigenvalue weighted by atomic mass is 35.5. The highest BCUT2D eigenvalue weighted by molar-refractivity contribution is 6.51. The molecule has 9 heteroatoms. The van der Waals surface area contributed by atoms with Gasteiger partial charge in [0.15, 0.2) is 0 Å². The number of benzene rings is 2. The molecule has 0 aliphatic carbocycles.